The zero-order chi connectivity index (χ0) is 10.8. The number of aliphatic carboxylic acids is 1. The first kappa shape index (κ1) is 9.77. The highest BCUT2D eigenvalue weighted by atomic mass is 16.5. The number of fused-ring (bicyclic) bond motifs is 1. The van der Waals surface area contributed by atoms with E-state index < -0.39 is 5.97 Å². The third-order valence-corrected chi connectivity index (χ3v) is 2.41. The molecule has 2 rings (SSSR count). The van der Waals surface area contributed by atoms with Crippen LogP contribution in [0, 0.1) is 6.92 Å². The fourth-order valence-electron chi connectivity index (χ4n) is 1.73. The maximum atomic E-state index is 10.6. The summed E-state index contributed by atoms with van der Waals surface area (Å²) in [5.74, 6) is -0.126. The number of benzene rings is 1. The molecule has 3 heteroatoms. The van der Waals surface area contributed by atoms with E-state index in [0.29, 0.717) is 13.0 Å². The van der Waals surface area contributed by atoms with E-state index in [1.54, 1.807) is 0 Å². The maximum absolute atomic E-state index is 10.6. The molecule has 3 nitrogen and oxygen atoms in total. The average Bonchev–Trinajstić information content (AvgIpc) is 2.18. The van der Waals surface area contributed by atoms with E-state index in [4.69, 9.17) is 9.84 Å². The van der Waals surface area contributed by atoms with Crippen LogP contribution in [0.5, 0.6) is 5.75 Å². The van der Waals surface area contributed by atoms with Crippen molar-refractivity contribution in [2.75, 3.05) is 6.61 Å². The molecule has 15 heavy (non-hydrogen) atoms. The molecule has 0 aliphatic carbocycles. The van der Waals surface area contributed by atoms with Crippen molar-refractivity contribution >= 4 is 11.5 Å². The number of rotatable bonds is 1. The van der Waals surface area contributed by atoms with Gasteiger partial charge in [0.1, 0.15) is 5.75 Å². The third kappa shape index (κ3) is 2.01. The summed E-state index contributed by atoms with van der Waals surface area (Å²) in [6.07, 6.45) is 1.92. The minimum atomic E-state index is -0.903. The molecule has 1 aliphatic heterocycles. The Morgan fingerprint density at radius 3 is 3.07 bits per heavy atom. The Balaban J connectivity index is 2.49. The largest absolute Gasteiger partial charge is 0.493 e. The summed E-state index contributed by atoms with van der Waals surface area (Å²) in [5.41, 5.74) is 2.85. The number of carboxylic acid groups (broad SMARTS) is 1. The zero-order valence-corrected chi connectivity index (χ0v) is 8.49. The smallest absolute Gasteiger partial charge is 0.328 e. The minimum absolute atomic E-state index is 0.551. The van der Waals surface area contributed by atoms with Crippen LogP contribution < -0.4 is 4.74 Å². The van der Waals surface area contributed by atoms with Crippen molar-refractivity contribution in [3.8, 4) is 5.75 Å². The molecule has 0 unspecified atom stereocenters. The van der Waals surface area contributed by atoms with Gasteiger partial charge in [0.2, 0.25) is 0 Å². The van der Waals surface area contributed by atoms with Gasteiger partial charge in [-0.15, -0.1) is 0 Å². The number of hydrogen-bond donors (Lipinski definition) is 1. The molecule has 1 heterocycles. The lowest BCUT2D eigenvalue weighted by molar-refractivity contribution is -0.131. The SMILES string of the molecule is Cc1ccc2c(c1)/C(=C/C(=O)O)CCO2. The second-order valence-electron chi connectivity index (χ2n) is 3.61. The van der Waals surface area contributed by atoms with E-state index in [1.807, 2.05) is 25.1 Å². The quantitative estimate of drug-likeness (QED) is 0.713. The van der Waals surface area contributed by atoms with Gasteiger partial charge in [-0.1, -0.05) is 11.6 Å². The minimum Gasteiger partial charge on any atom is -0.493 e. The third-order valence-electron chi connectivity index (χ3n) is 2.41. The van der Waals surface area contributed by atoms with Gasteiger partial charge >= 0.3 is 5.97 Å². The molecule has 0 fully saturated rings. The van der Waals surface area contributed by atoms with Gasteiger partial charge in [0.15, 0.2) is 0 Å². The van der Waals surface area contributed by atoms with Gasteiger partial charge in [0, 0.05) is 18.1 Å². The molecule has 1 N–H and O–H groups in total. The van der Waals surface area contributed by atoms with Crippen molar-refractivity contribution in [1.82, 2.24) is 0 Å². The summed E-state index contributed by atoms with van der Waals surface area (Å²) in [6.45, 7) is 2.53. The predicted octanol–water partition coefficient (Wildman–Crippen LogP) is 2.25. The number of carboxylic acids is 1. The second kappa shape index (κ2) is 3.77. The van der Waals surface area contributed by atoms with E-state index in [2.05, 4.69) is 0 Å². The van der Waals surface area contributed by atoms with Gasteiger partial charge in [0.05, 0.1) is 6.61 Å². The van der Waals surface area contributed by atoms with Crippen molar-refractivity contribution in [2.24, 2.45) is 0 Å². The number of carbonyl (C=O) groups is 1. The summed E-state index contributed by atoms with van der Waals surface area (Å²) in [4.78, 5) is 10.6. The van der Waals surface area contributed by atoms with Gasteiger partial charge in [-0.05, 0) is 24.6 Å². The summed E-state index contributed by atoms with van der Waals surface area (Å²) >= 11 is 0. The van der Waals surface area contributed by atoms with E-state index in [1.165, 1.54) is 6.08 Å². The lowest BCUT2D eigenvalue weighted by Gasteiger charge is -2.20. The molecule has 0 saturated heterocycles. The molecule has 1 aromatic rings. The second-order valence-corrected chi connectivity index (χ2v) is 3.61. The van der Waals surface area contributed by atoms with Crippen LogP contribution in [0.25, 0.3) is 5.57 Å². The standard InChI is InChI=1S/C12H12O3/c1-8-2-3-11-10(6-8)9(4-5-15-11)7-12(13)14/h2-3,6-7H,4-5H2,1H3,(H,13,14)/b9-7+. The van der Waals surface area contributed by atoms with Crippen LogP contribution in [0.15, 0.2) is 24.3 Å². The van der Waals surface area contributed by atoms with Crippen molar-refractivity contribution in [3.05, 3.63) is 35.4 Å². The molecule has 0 aromatic heterocycles. The van der Waals surface area contributed by atoms with Crippen LogP contribution in [-0.2, 0) is 4.79 Å². The predicted molar refractivity (Wildman–Crippen MR) is 56.9 cm³/mol. The molecule has 0 spiro atoms. The monoisotopic (exact) mass is 204 g/mol. The molecule has 0 bridgehead atoms. The summed E-state index contributed by atoms with van der Waals surface area (Å²) in [5, 5.41) is 8.74. The summed E-state index contributed by atoms with van der Waals surface area (Å²) in [6, 6.07) is 5.81. The van der Waals surface area contributed by atoms with Crippen LogP contribution >= 0.6 is 0 Å². The Morgan fingerprint density at radius 2 is 2.33 bits per heavy atom. The first-order valence-electron chi connectivity index (χ1n) is 4.84. The van der Waals surface area contributed by atoms with E-state index in [-0.39, 0.29) is 0 Å². The van der Waals surface area contributed by atoms with Crippen molar-refractivity contribution in [1.29, 1.82) is 0 Å². The first-order valence-corrected chi connectivity index (χ1v) is 4.84. The van der Waals surface area contributed by atoms with Gasteiger partial charge in [-0.3, -0.25) is 0 Å². The Morgan fingerprint density at radius 1 is 1.53 bits per heavy atom. The summed E-state index contributed by atoms with van der Waals surface area (Å²) < 4.78 is 5.46. The first-order chi connectivity index (χ1) is 7.16. The molecule has 1 aliphatic rings. The van der Waals surface area contributed by atoms with Gasteiger partial charge in [-0.2, -0.15) is 0 Å². The molecule has 78 valence electrons. The van der Waals surface area contributed by atoms with Gasteiger partial charge in [0.25, 0.3) is 0 Å². The Bertz CT molecular complexity index is 432. The normalized spacial score (nSPS) is 17.0. The van der Waals surface area contributed by atoms with E-state index in [9.17, 15) is 4.79 Å². The molecule has 0 atom stereocenters. The molecule has 0 radical (unpaired) electrons. The maximum Gasteiger partial charge on any atom is 0.328 e. The average molecular weight is 204 g/mol. The highest BCUT2D eigenvalue weighted by Crippen LogP contribution is 2.33. The van der Waals surface area contributed by atoms with Crippen molar-refractivity contribution < 1.29 is 14.6 Å². The number of hydrogen-bond acceptors (Lipinski definition) is 2. The highest BCUT2D eigenvalue weighted by Gasteiger charge is 2.15. The Kier molecular flexibility index (Phi) is 2.46. The highest BCUT2D eigenvalue weighted by molar-refractivity contribution is 5.91. The lowest BCUT2D eigenvalue weighted by Crippen LogP contribution is -2.09. The fraction of sp³-hybridized carbons (Fsp3) is 0.250. The Hall–Kier alpha value is -1.77. The van der Waals surface area contributed by atoms with E-state index in [0.717, 1.165) is 22.4 Å². The number of ether oxygens (including phenoxy) is 1. The van der Waals surface area contributed by atoms with Gasteiger partial charge < -0.3 is 9.84 Å². The Labute approximate surface area is 88.0 Å². The molecule has 0 saturated carbocycles. The topological polar surface area (TPSA) is 46.5 Å². The fourth-order valence-corrected chi connectivity index (χ4v) is 1.73. The molecule has 1 aromatic carbocycles. The van der Waals surface area contributed by atoms with Crippen molar-refractivity contribution in [3.63, 3.8) is 0 Å². The van der Waals surface area contributed by atoms with Gasteiger partial charge in [-0.25, -0.2) is 4.79 Å². The zero-order valence-electron chi connectivity index (χ0n) is 8.49. The van der Waals surface area contributed by atoms with Crippen LogP contribution in [-0.4, -0.2) is 17.7 Å². The molecular weight excluding hydrogens is 192 g/mol. The summed E-state index contributed by atoms with van der Waals surface area (Å²) in [7, 11) is 0. The van der Waals surface area contributed by atoms with Crippen LogP contribution in [0.1, 0.15) is 17.5 Å². The number of aryl methyl sites for hydroxylation is 1. The van der Waals surface area contributed by atoms with Crippen LogP contribution in [0.2, 0.25) is 0 Å². The van der Waals surface area contributed by atoms with Crippen LogP contribution in [0.3, 0.4) is 0 Å². The van der Waals surface area contributed by atoms with E-state index >= 15 is 0 Å². The lowest BCUT2D eigenvalue weighted by atomic mass is 9.98. The van der Waals surface area contributed by atoms with Crippen molar-refractivity contribution in [2.45, 2.75) is 13.3 Å². The molecule has 0 amide bonds. The van der Waals surface area contributed by atoms with Crippen LogP contribution in [0.4, 0.5) is 0 Å². The molecular formula is C12H12O3.